The van der Waals surface area contributed by atoms with Crippen LogP contribution in [0.25, 0.3) is 0 Å². The van der Waals surface area contributed by atoms with Gasteiger partial charge in [-0.1, -0.05) is 69.7 Å². The summed E-state index contributed by atoms with van der Waals surface area (Å²) in [7, 11) is 0. The van der Waals surface area contributed by atoms with Gasteiger partial charge < -0.3 is 16.4 Å². The van der Waals surface area contributed by atoms with Crippen molar-refractivity contribution in [3.05, 3.63) is 57.8 Å². The van der Waals surface area contributed by atoms with Crippen LogP contribution in [-0.4, -0.2) is 10.9 Å². The van der Waals surface area contributed by atoms with Gasteiger partial charge in [0.2, 0.25) is 0 Å². The van der Waals surface area contributed by atoms with Crippen LogP contribution in [0.1, 0.15) is 86.3 Å². The molecule has 1 N–H and O–H groups in total. The quantitative estimate of drug-likeness (QED) is 0.328. The summed E-state index contributed by atoms with van der Waals surface area (Å²) in [5.41, 5.74) is 2.11. The summed E-state index contributed by atoms with van der Waals surface area (Å²) in [5, 5.41) is 13.5. The number of unbranched alkanes of at least 4 members (excludes halogenated alkanes) is 2. The first-order valence-corrected chi connectivity index (χ1v) is 11.3. The van der Waals surface area contributed by atoms with Crippen LogP contribution in [0.15, 0.2) is 36.4 Å². The van der Waals surface area contributed by atoms with Gasteiger partial charge in [0, 0.05) is 45.0 Å². The molecule has 0 bridgehead atoms. The van der Waals surface area contributed by atoms with Crippen molar-refractivity contribution in [2.45, 2.75) is 76.7 Å². The molecule has 3 rings (SSSR count). The number of rotatable bonds is 10. The molecule has 1 fully saturated rings. The fourth-order valence-corrected chi connectivity index (χ4v) is 4.98. The van der Waals surface area contributed by atoms with E-state index in [-0.39, 0.29) is 44.7 Å². The van der Waals surface area contributed by atoms with Gasteiger partial charge in [0.1, 0.15) is 5.78 Å². The summed E-state index contributed by atoms with van der Waals surface area (Å²) >= 11 is 1.70. The molecule has 0 saturated heterocycles. The minimum absolute atomic E-state index is 0. The van der Waals surface area contributed by atoms with E-state index >= 15 is 0 Å². The van der Waals surface area contributed by atoms with E-state index in [0.29, 0.717) is 18.1 Å². The minimum Gasteiger partial charge on any atom is -0.388 e. The molecule has 0 spiro atoms. The van der Waals surface area contributed by atoms with E-state index < -0.39 is 0 Å². The molecule has 4 heteroatoms. The Labute approximate surface area is 199 Å². The monoisotopic (exact) mass is 472 g/mol. The number of aliphatic hydroxyl groups excluding tert-OH is 1. The van der Waals surface area contributed by atoms with Gasteiger partial charge in [-0.2, -0.15) is 6.07 Å². The molecule has 1 unspecified atom stereocenters. The fraction of sp³-hybridized carbons (Fsp3) is 0.542. The number of aliphatic hydroxyl groups is 1. The molecule has 1 aromatic heterocycles. The van der Waals surface area contributed by atoms with Gasteiger partial charge in [-0.3, -0.25) is 4.79 Å². The normalized spacial score (nSPS) is 20.1. The third-order valence-corrected chi connectivity index (χ3v) is 6.72. The van der Waals surface area contributed by atoms with Crippen molar-refractivity contribution in [1.82, 2.24) is 0 Å². The number of ketones is 1. The molecule has 3 atom stereocenters. The smallest absolute Gasteiger partial charge is 0.140 e. The van der Waals surface area contributed by atoms with Crippen molar-refractivity contribution >= 4 is 17.1 Å². The number of benzene rings is 1. The topological polar surface area (TPSA) is 37.3 Å². The summed E-state index contributed by atoms with van der Waals surface area (Å²) in [5.74, 6) is 0.897. The first kappa shape index (κ1) is 23.9. The van der Waals surface area contributed by atoms with Crippen LogP contribution in [0, 0.1) is 11.3 Å². The molecule has 1 saturated carbocycles. The Hall–Kier alpha value is -0.346. The molecule has 2 aromatic rings. The van der Waals surface area contributed by atoms with Gasteiger partial charge in [-0.05, 0) is 29.9 Å². The Morgan fingerprint density at radius 3 is 2.64 bits per heavy atom. The standard InChI is InChI=1S/C24H31O2S.Y/c1-2-3-4-10-22(25)18-11-13-20(14-12-18)24-19(15-16-23(24)26)7-5-8-21-9-6-17-27-21;/h6,9,11-14,19,22,24-25H,2-5,7-8,10,15-16H2,1H3;/q-1;/t19-,22?,24-;/m0./s1. The van der Waals surface area contributed by atoms with Crippen LogP contribution < -0.4 is 0 Å². The average molecular weight is 472 g/mol. The number of carbonyl (C=O) groups excluding carboxylic acids is 1. The Morgan fingerprint density at radius 1 is 1.18 bits per heavy atom. The molecule has 2 nitrogen and oxygen atoms in total. The zero-order valence-electron chi connectivity index (χ0n) is 16.9. The second kappa shape index (κ2) is 12.4. The van der Waals surface area contributed by atoms with Crippen molar-refractivity contribution in [2.24, 2.45) is 5.92 Å². The number of hydrogen-bond donors (Lipinski definition) is 1. The maximum absolute atomic E-state index is 12.5. The van der Waals surface area contributed by atoms with E-state index in [1.807, 2.05) is 18.2 Å². The number of Topliss-reactive ketones (excluding diaryl/α,β-unsaturated/α-hetero) is 1. The predicted molar refractivity (Wildman–Crippen MR) is 112 cm³/mol. The van der Waals surface area contributed by atoms with Gasteiger partial charge in [-0.25, -0.2) is 6.07 Å². The van der Waals surface area contributed by atoms with E-state index in [1.54, 1.807) is 11.3 Å². The van der Waals surface area contributed by atoms with Crippen LogP contribution in [-0.2, 0) is 43.9 Å². The first-order valence-electron chi connectivity index (χ1n) is 10.4. The van der Waals surface area contributed by atoms with Crippen molar-refractivity contribution in [1.29, 1.82) is 0 Å². The molecule has 149 valence electrons. The Bertz CT molecular complexity index is 696. The molecule has 1 aliphatic carbocycles. The van der Waals surface area contributed by atoms with E-state index in [9.17, 15) is 9.90 Å². The summed E-state index contributed by atoms with van der Waals surface area (Å²) < 4.78 is 0. The fourth-order valence-electron chi connectivity index (χ4n) is 4.31. The average Bonchev–Trinajstić information content (AvgIpc) is 3.32. The van der Waals surface area contributed by atoms with Crippen LogP contribution in [0.3, 0.4) is 0 Å². The minimum atomic E-state index is -0.386. The zero-order chi connectivity index (χ0) is 19.1. The van der Waals surface area contributed by atoms with Gasteiger partial charge in [0.05, 0.1) is 6.10 Å². The Morgan fingerprint density at radius 2 is 1.96 bits per heavy atom. The maximum atomic E-state index is 12.5. The second-order valence-electron chi connectivity index (χ2n) is 7.83. The van der Waals surface area contributed by atoms with Crippen LogP contribution in [0.2, 0.25) is 0 Å². The number of thiophene rings is 1. The third kappa shape index (κ3) is 6.59. The maximum Gasteiger partial charge on any atom is 0.140 e. The Balaban J connectivity index is 0.00000280. The van der Waals surface area contributed by atoms with E-state index in [0.717, 1.165) is 56.1 Å². The molecular formula is C24H31O2SY-. The molecule has 1 heterocycles. The van der Waals surface area contributed by atoms with E-state index in [2.05, 4.69) is 30.5 Å². The van der Waals surface area contributed by atoms with E-state index in [1.165, 1.54) is 11.3 Å². The molecule has 1 aliphatic rings. The van der Waals surface area contributed by atoms with Crippen molar-refractivity contribution in [3.8, 4) is 0 Å². The van der Waals surface area contributed by atoms with Crippen molar-refractivity contribution < 1.29 is 42.6 Å². The predicted octanol–water partition coefficient (Wildman–Crippen LogP) is 6.25. The number of aryl methyl sites for hydroxylation is 1. The van der Waals surface area contributed by atoms with Gasteiger partial charge in [0.15, 0.2) is 0 Å². The molecular weight excluding hydrogens is 441 g/mol. The molecule has 0 aliphatic heterocycles. The summed E-state index contributed by atoms with van der Waals surface area (Å²) in [4.78, 5) is 13.9. The molecule has 0 amide bonds. The van der Waals surface area contributed by atoms with Gasteiger partial charge >= 0.3 is 0 Å². The van der Waals surface area contributed by atoms with Gasteiger partial charge in [-0.15, -0.1) is 10.3 Å². The third-order valence-electron chi connectivity index (χ3n) is 5.87. The zero-order valence-corrected chi connectivity index (χ0v) is 20.6. The summed E-state index contributed by atoms with van der Waals surface area (Å²) in [6.07, 6.45) is 8.89. The SMILES string of the molecule is CCCCCC(O)c1ccc([C@H]2C(=O)CC[C@@H]2CCCc2cc[c-]s2)cc1.[Y]. The molecule has 28 heavy (non-hydrogen) atoms. The first-order chi connectivity index (χ1) is 13.2. The summed E-state index contributed by atoms with van der Waals surface area (Å²) in [6, 6.07) is 12.3. The molecule has 1 aromatic carbocycles. The van der Waals surface area contributed by atoms with Crippen LogP contribution >= 0.6 is 11.3 Å². The van der Waals surface area contributed by atoms with Crippen LogP contribution in [0.5, 0.6) is 0 Å². The van der Waals surface area contributed by atoms with Crippen molar-refractivity contribution in [2.75, 3.05) is 0 Å². The van der Waals surface area contributed by atoms with Gasteiger partial charge in [0.25, 0.3) is 0 Å². The summed E-state index contributed by atoms with van der Waals surface area (Å²) in [6.45, 7) is 2.18. The number of hydrogen-bond acceptors (Lipinski definition) is 3. The van der Waals surface area contributed by atoms with E-state index in [4.69, 9.17) is 0 Å². The molecule has 1 radical (unpaired) electrons. The van der Waals surface area contributed by atoms with Crippen molar-refractivity contribution in [3.63, 3.8) is 0 Å². The largest absolute Gasteiger partial charge is 0.388 e. The number of carbonyl (C=O) groups is 1. The second-order valence-corrected chi connectivity index (χ2v) is 8.80. The van der Waals surface area contributed by atoms with Crippen LogP contribution in [0.4, 0.5) is 0 Å². The Kier molecular flexibility index (Phi) is 10.6.